The zero-order valence-electron chi connectivity index (χ0n) is 12.6. The number of aromatic nitrogens is 3. The molecular formula is C14H21N5OS. The molecule has 114 valence electrons. The molecule has 0 aliphatic rings. The monoisotopic (exact) mass is 307 g/mol. The Kier molecular flexibility index (Phi) is 5.89. The molecule has 2 heterocycles. The van der Waals surface area contributed by atoms with Gasteiger partial charge in [0.05, 0.1) is 6.04 Å². The van der Waals surface area contributed by atoms with Crippen LogP contribution in [0.4, 0.5) is 11.6 Å². The third-order valence-corrected chi connectivity index (χ3v) is 3.83. The minimum absolute atomic E-state index is 0.157. The van der Waals surface area contributed by atoms with Crippen molar-refractivity contribution in [3.05, 3.63) is 28.5 Å². The van der Waals surface area contributed by atoms with E-state index in [0.717, 1.165) is 23.1 Å². The van der Waals surface area contributed by atoms with Gasteiger partial charge in [0.15, 0.2) is 5.82 Å². The molecule has 0 bridgehead atoms. The molecule has 1 atom stereocenters. The van der Waals surface area contributed by atoms with Gasteiger partial charge in [0.1, 0.15) is 23.3 Å². The van der Waals surface area contributed by atoms with E-state index in [2.05, 4.69) is 32.5 Å². The zero-order chi connectivity index (χ0) is 15.1. The lowest BCUT2D eigenvalue weighted by Crippen LogP contribution is -2.13. The molecule has 2 rings (SSSR count). The summed E-state index contributed by atoms with van der Waals surface area (Å²) < 4.78 is 5.39. The number of nitrogens with one attached hydrogen (secondary N) is 2. The molecule has 2 aromatic heterocycles. The Bertz CT molecular complexity index is 546. The minimum Gasteiger partial charge on any atom is -0.374 e. The Morgan fingerprint density at radius 2 is 2.10 bits per heavy atom. The molecule has 7 heteroatoms. The van der Waals surface area contributed by atoms with Crippen LogP contribution in [0.15, 0.2) is 17.6 Å². The van der Waals surface area contributed by atoms with Crippen LogP contribution in [-0.4, -0.2) is 28.6 Å². The Labute approximate surface area is 129 Å². The van der Waals surface area contributed by atoms with E-state index in [1.165, 1.54) is 0 Å². The molecule has 21 heavy (non-hydrogen) atoms. The van der Waals surface area contributed by atoms with Crippen LogP contribution in [0.5, 0.6) is 0 Å². The topological polar surface area (TPSA) is 72.0 Å². The molecule has 0 aliphatic carbocycles. The van der Waals surface area contributed by atoms with E-state index in [-0.39, 0.29) is 6.04 Å². The molecule has 6 nitrogen and oxygen atoms in total. The molecule has 0 aromatic carbocycles. The van der Waals surface area contributed by atoms with Crippen LogP contribution in [0.25, 0.3) is 0 Å². The van der Waals surface area contributed by atoms with Crippen molar-refractivity contribution in [3.63, 3.8) is 0 Å². The lowest BCUT2D eigenvalue weighted by atomic mass is 10.2. The summed E-state index contributed by atoms with van der Waals surface area (Å²) in [6.07, 6.45) is 2.76. The number of rotatable bonds is 8. The number of hydrogen-bond donors (Lipinski definition) is 2. The van der Waals surface area contributed by atoms with E-state index in [9.17, 15) is 0 Å². The maximum absolute atomic E-state index is 5.39. The number of thiazole rings is 1. The SMILES string of the molecule is CCOCc1nc(NC)cc(NC(CC)c2nccs2)n1. The highest BCUT2D eigenvalue weighted by Gasteiger charge is 2.13. The van der Waals surface area contributed by atoms with Gasteiger partial charge in [-0.3, -0.25) is 0 Å². The van der Waals surface area contributed by atoms with Gasteiger partial charge in [0.2, 0.25) is 0 Å². The Morgan fingerprint density at radius 1 is 1.29 bits per heavy atom. The van der Waals surface area contributed by atoms with Gasteiger partial charge in [-0.05, 0) is 13.3 Å². The highest BCUT2D eigenvalue weighted by molar-refractivity contribution is 7.09. The van der Waals surface area contributed by atoms with Crippen LogP contribution in [0, 0.1) is 0 Å². The number of anilines is 2. The van der Waals surface area contributed by atoms with Gasteiger partial charge in [-0.15, -0.1) is 11.3 Å². The van der Waals surface area contributed by atoms with Gasteiger partial charge in [-0.1, -0.05) is 6.92 Å². The van der Waals surface area contributed by atoms with Crippen LogP contribution in [0.1, 0.15) is 37.1 Å². The minimum atomic E-state index is 0.157. The van der Waals surface area contributed by atoms with E-state index in [4.69, 9.17) is 4.74 Å². The van der Waals surface area contributed by atoms with Crippen molar-refractivity contribution in [2.24, 2.45) is 0 Å². The normalized spacial score (nSPS) is 12.1. The Morgan fingerprint density at radius 3 is 2.71 bits per heavy atom. The van der Waals surface area contributed by atoms with E-state index in [1.807, 2.05) is 31.6 Å². The standard InChI is InChI=1S/C14H21N5OS/c1-4-10(14-16-6-7-21-14)17-12-8-11(15-3)18-13(19-12)9-20-5-2/h6-8,10H,4-5,9H2,1-3H3,(H2,15,17,18,19). The van der Waals surface area contributed by atoms with Crippen LogP contribution < -0.4 is 10.6 Å². The second-order valence-electron chi connectivity index (χ2n) is 4.42. The zero-order valence-corrected chi connectivity index (χ0v) is 13.4. The quantitative estimate of drug-likeness (QED) is 0.781. The van der Waals surface area contributed by atoms with Gasteiger partial charge >= 0.3 is 0 Å². The smallest absolute Gasteiger partial charge is 0.158 e. The lowest BCUT2D eigenvalue weighted by molar-refractivity contribution is 0.128. The van der Waals surface area contributed by atoms with E-state index in [0.29, 0.717) is 19.0 Å². The fourth-order valence-corrected chi connectivity index (χ4v) is 2.65. The summed E-state index contributed by atoms with van der Waals surface area (Å²) in [6.45, 7) is 5.14. The predicted molar refractivity (Wildman–Crippen MR) is 85.7 cm³/mol. The van der Waals surface area contributed by atoms with Gasteiger partial charge in [-0.2, -0.15) is 0 Å². The molecule has 0 spiro atoms. The van der Waals surface area contributed by atoms with Crippen molar-refractivity contribution in [1.29, 1.82) is 0 Å². The number of nitrogens with zero attached hydrogens (tertiary/aromatic N) is 3. The van der Waals surface area contributed by atoms with Crippen molar-refractivity contribution in [2.45, 2.75) is 32.9 Å². The molecule has 0 saturated carbocycles. The summed E-state index contributed by atoms with van der Waals surface area (Å²) in [6, 6.07) is 2.05. The van der Waals surface area contributed by atoms with Crippen LogP contribution >= 0.6 is 11.3 Å². The summed E-state index contributed by atoms with van der Waals surface area (Å²) in [5, 5.41) is 9.52. The third-order valence-electron chi connectivity index (χ3n) is 2.94. The van der Waals surface area contributed by atoms with Gasteiger partial charge in [0.25, 0.3) is 0 Å². The number of hydrogen-bond acceptors (Lipinski definition) is 7. The maximum atomic E-state index is 5.39. The molecule has 2 aromatic rings. The van der Waals surface area contributed by atoms with Gasteiger partial charge in [-0.25, -0.2) is 15.0 Å². The first kappa shape index (κ1) is 15.7. The number of ether oxygens (including phenoxy) is 1. The summed E-state index contributed by atoms with van der Waals surface area (Å²) in [5.41, 5.74) is 0. The second-order valence-corrected chi connectivity index (χ2v) is 5.34. The summed E-state index contributed by atoms with van der Waals surface area (Å²) >= 11 is 1.65. The molecular weight excluding hydrogens is 286 g/mol. The van der Waals surface area contributed by atoms with Crippen molar-refractivity contribution in [2.75, 3.05) is 24.3 Å². The molecule has 1 unspecified atom stereocenters. The van der Waals surface area contributed by atoms with E-state index >= 15 is 0 Å². The predicted octanol–water partition coefficient (Wildman–Crippen LogP) is 3.07. The first-order chi connectivity index (χ1) is 10.3. The fourth-order valence-electron chi connectivity index (χ4n) is 1.88. The van der Waals surface area contributed by atoms with Crippen LogP contribution in [0.2, 0.25) is 0 Å². The second kappa shape index (κ2) is 7.90. The molecule has 2 N–H and O–H groups in total. The highest BCUT2D eigenvalue weighted by atomic mass is 32.1. The van der Waals surface area contributed by atoms with Crippen molar-refractivity contribution >= 4 is 23.0 Å². The highest BCUT2D eigenvalue weighted by Crippen LogP contribution is 2.24. The first-order valence-electron chi connectivity index (χ1n) is 7.06. The fraction of sp³-hybridized carbons (Fsp3) is 0.500. The molecule has 0 radical (unpaired) electrons. The first-order valence-corrected chi connectivity index (χ1v) is 7.94. The van der Waals surface area contributed by atoms with Gasteiger partial charge < -0.3 is 15.4 Å². The molecule has 0 fully saturated rings. The largest absolute Gasteiger partial charge is 0.374 e. The molecule has 0 amide bonds. The van der Waals surface area contributed by atoms with Crippen LogP contribution in [0.3, 0.4) is 0 Å². The van der Waals surface area contributed by atoms with Crippen molar-refractivity contribution in [1.82, 2.24) is 15.0 Å². The van der Waals surface area contributed by atoms with Crippen LogP contribution in [-0.2, 0) is 11.3 Å². The summed E-state index contributed by atoms with van der Waals surface area (Å²) in [5.74, 6) is 2.22. The van der Waals surface area contributed by atoms with Crippen molar-refractivity contribution < 1.29 is 4.74 Å². The molecule has 0 saturated heterocycles. The Hall–Kier alpha value is -1.73. The third kappa shape index (κ3) is 4.37. The lowest BCUT2D eigenvalue weighted by Gasteiger charge is -2.16. The maximum Gasteiger partial charge on any atom is 0.158 e. The summed E-state index contributed by atoms with van der Waals surface area (Å²) in [4.78, 5) is 13.3. The van der Waals surface area contributed by atoms with Crippen molar-refractivity contribution in [3.8, 4) is 0 Å². The Balaban J connectivity index is 2.17. The average Bonchev–Trinajstić information content (AvgIpc) is 3.04. The average molecular weight is 307 g/mol. The molecule has 0 aliphatic heterocycles. The van der Waals surface area contributed by atoms with Gasteiger partial charge in [0, 0.05) is 31.3 Å². The van der Waals surface area contributed by atoms with E-state index in [1.54, 1.807) is 11.3 Å². The van der Waals surface area contributed by atoms with E-state index < -0.39 is 0 Å². The summed E-state index contributed by atoms with van der Waals surface area (Å²) in [7, 11) is 1.84.